The normalized spacial score (nSPS) is 19.8. The Morgan fingerprint density at radius 1 is 1.39 bits per heavy atom. The summed E-state index contributed by atoms with van der Waals surface area (Å²) in [6.45, 7) is 1.55. The van der Waals surface area contributed by atoms with E-state index in [-0.39, 0.29) is 18.6 Å². The average Bonchev–Trinajstić information content (AvgIpc) is 2.45. The van der Waals surface area contributed by atoms with Gasteiger partial charge in [0.05, 0.1) is 25.9 Å². The molecule has 1 N–H and O–H groups in total. The number of aliphatic hydroxyl groups excluding tert-OH is 1. The number of ether oxygens (including phenoxy) is 1. The van der Waals surface area contributed by atoms with Gasteiger partial charge in [-0.1, -0.05) is 30.3 Å². The van der Waals surface area contributed by atoms with Crippen molar-refractivity contribution in [3.05, 3.63) is 35.9 Å². The highest BCUT2D eigenvalue weighted by atomic mass is 16.5. The number of aryl methyl sites for hydroxylation is 1. The zero-order valence-corrected chi connectivity index (χ0v) is 10.4. The highest BCUT2D eigenvalue weighted by molar-refractivity contribution is 5.77. The van der Waals surface area contributed by atoms with Gasteiger partial charge in [0.1, 0.15) is 0 Å². The van der Waals surface area contributed by atoms with E-state index in [4.69, 9.17) is 4.74 Å². The van der Waals surface area contributed by atoms with Crippen molar-refractivity contribution >= 4 is 5.91 Å². The molecule has 0 radical (unpaired) electrons. The number of nitrogens with zero attached hydrogens (tertiary/aromatic N) is 1. The second-order valence-corrected chi connectivity index (χ2v) is 4.48. The Labute approximate surface area is 107 Å². The highest BCUT2D eigenvalue weighted by Crippen LogP contribution is 2.10. The average molecular weight is 249 g/mol. The van der Waals surface area contributed by atoms with Gasteiger partial charge in [-0.3, -0.25) is 4.79 Å². The van der Waals surface area contributed by atoms with Crippen LogP contribution in [0, 0.1) is 0 Å². The molecule has 18 heavy (non-hydrogen) atoms. The number of carbonyl (C=O) groups excluding carboxylic acids is 1. The Hall–Kier alpha value is -1.39. The molecule has 0 saturated carbocycles. The van der Waals surface area contributed by atoms with Gasteiger partial charge in [0.15, 0.2) is 0 Å². The Balaban J connectivity index is 1.87. The van der Waals surface area contributed by atoms with Gasteiger partial charge in [-0.25, -0.2) is 0 Å². The van der Waals surface area contributed by atoms with E-state index >= 15 is 0 Å². The van der Waals surface area contributed by atoms with Gasteiger partial charge >= 0.3 is 0 Å². The lowest BCUT2D eigenvalue weighted by Gasteiger charge is -2.34. The van der Waals surface area contributed by atoms with Crippen LogP contribution in [0.25, 0.3) is 0 Å². The Bertz CT molecular complexity index is 380. The first-order valence-electron chi connectivity index (χ1n) is 6.33. The first-order valence-corrected chi connectivity index (χ1v) is 6.33. The maximum absolute atomic E-state index is 12.1. The minimum Gasteiger partial charge on any atom is -0.394 e. The Kier molecular flexibility index (Phi) is 4.73. The number of rotatable bonds is 4. The molecule has 1 aliphatic rings. The fraction of sp³-hybridized carbons (Fsp3) is 0.500. The number of hydrogen-bond acceptors (Lipinski definition) is 3. The molecule has 4 heteroatoms. The Morgan fingerprint density at radius 3 is 2.89 bits per heavy atom. The van der Waals surface area contributed by atoms with Crippen LogP contribution in [0.15, 0.2) is 30.3 Å². The van der Waals surface area contributed by atoms with E-state index in [0.29, 0.717) is 26.2 Å². The van der Waals surface area contributed by atoms with Crippen LogP contribution in [0.2, 0.25) is 0 Å². The predicted molar refractivity (Wildman–Crippen MR) is 68.2 cm³/mol. The molecule has 1 heterocycles. The summed E-state index contributed by atoms with van der Waals surface area (Å²) < 4.78 is 5.26. The molecule has 0 spiro atoms. The van der Waals surface area contributed by atoms with Crippen molar-refractivity contribution in [1.29, 1.82) is 0 Å². The molecule has 98 valence electrons. The zero-order valence-electron chi connectivity index (χ0n) is 10.4. The van der Waals surface area contributed by atoms with Crippen LogP contribution in [0.3, 0.4) is 0 Å². The van der Waals surface area contributed by atoms with Crippen molar-refractivity contribution in [1.82, 2.24) is 4.90 Å². The standard InChI is InChI=1S/C14H19NO3/c16-10-13-11-18-9-8-15(13)14(17)7-6-12-4-2-1-3-5-12/h1-5,13,16H,6-11H2. The lowest BCUT2D eigenvalue weighted by atomic mass is 10.1. The number of hydrogen-bond donors (Lipinski definition) is 1. The van der Waals surface area contributed by atoms with Crippen LogP contribution < -0.4 is 0 Å². The van der Waals surface area contributed by atoms with Crippen molar-refractivity contribution < 1.29 is 14.6 Å². The summed E-state index contributed by atoms with van der Waals surface area (Å²) in [5, 5.41) is 9.22. The molecule has 1 saturated heterocycles. The molecule has 1 amide bonds. The van der Waals surface area contributed by atoms with Crippen LogP contribution in [0.4, 0.5) is 0 Å². The van der Waals surface area contributed by atoms with Crippen molar-refractivity contribution in [3.63, 3.8) is 0 Å². The lowest BCUT2D eigenvalue weighted by molar-refractivity contribution is -0.141. The van der Waals surface area contributed by atoms with Crippen molar-refractivity contribution in [2.24, 2.45) is 0 Å². The topological polar surface area (TPSA) is 49.8 Å². The van der Waals surface area contributed by atoms with Crippen LogP contribution in [-0.4, -0.2) is 48.3 Å². The third kappa shape index (κ3) is 3.31. The van der Waals surface area contributed by atoms with Gasteiger partial charge in [0, 0.05) is 13.0 Å². The van der Waals surface area contributed by atoms with Gasteiger partial charge in [-0.2, -0.15) is 0 Å². The van der Waals surface area contributed by atoms with Crippen LogP contribution in [0.1, 0.15) is 12.0 Å². The van der Waals surface area contributed by atoms with Crippen molar-refractivity contribution in [2.75, 3.05) is 26.4 Å². The van der Waals surface area contributed by atoms with E-state index in [0.717, 1.165) is 6.42 Å². The van der Waals surface area contributed by atoms with E-state index in [2.05, 4.69) is 0 Å². The molecule has 0 aliphatic carbocycles. The molecule has 1 aliphatic heterocycles. The zero-order chi connectivity index (χ0) is 12.8. The number of benzene rings is 1. The Morgan fingerprint density at radius 2 is 2.17 bits per heavy atom. The van der Waals surface area contributed by atoms with Crippen LogP contribution >= 0.6 is 0 Å². The molecule has 1 unspecified atom stereocenters. The monoisotopic (exact) mass is 249 g/mol. The summed E-state index contributed by atoms with van der Waals surface area (Å²) in [5.74, 6) is 0.0983. The maximum atomic E-state index is 12.1. The first kappa shape index (κ1) is 13.1. The summed E-state index contributed by atoms with van der Waals surface area (Å²) in [5.41, 5.74) is 1.17. The van der Waals surface area contributed by atoms with Gasteiger partial charge in [0.25, 0.3) is 0 Å². The maximum Gasteiger partial charge on any atom is 0.223 e. The molecule has 0 aromatic heterocycles. The summed E-state index contributed by atoms with van der Waals surface area (Å²) >= 11 is 0. The minimum absolute atomic E-state index is 0.0307. The van der Waals surface area contributed by atoms with Gasteiger partial charge < -0.3 is 14.7 Å². The van der Waals surface area contributed by atoms with Gasteiger partial charge in [-0.05, 0) is 12.0 Å². The molecular formula is C14H19NO3. The molecular weight excluding hydrogens is 230 g/mol. The summed E-state index contributed by atoms with van der Waals surface area (Å²) in [7, 11) is 0. The largest absolute Gasteiger partial charge is 0.394 e. The smallest absolute Gasteiger partial charge is 0.223 e. The van der Waals surface area contributed by atoms with E-state index in [9.17, 15) is 9.90 Å². The third-order valence-corrected chi connectivity index (χ3v) is 3.23. The summed E-state index contributed by atoms with van der Waals surface area (Å²) in [4.78, 5) is 13.8. The lowest BCUT2D eigenvalue weighted by Crippen LogP contribution is -2.50. The number of aliphatic hydroxyl groups is 1. The van der Waals surface area contributed by atoms with E-state index < -0.39 is 0 Å². The molecule has 1 fully saturated rings. The third-order valence-electron chi connectivity index (χ3n) is 3.23. The number of carbonyl (C=O) groups is 1. The first-order chi connectivity index (χ1) is 8.81. The van der Waals surface area contributed by atoms with Crippen LogP contribution in [0.5, 0.6) is 0 Å². The summed E-state index contributed by atoms with van der Waals surface area (Å²) in [6.07, 6.45) is 1.23. The van der Waals surface area contributed by atoms with E-state index in [1.807, 2.05) is 30.3 Å². The SMILES string of the molecule is O=C(CCc1ccccc1)N1CCOCC1CO. The van der Waals surface area contributed by atoms with Crippen molar-refractivity contribution in [3.8, 4) is 0 Å². The molecule has 1 atom stereocenters. The van der Waals surface area contributed by atoms with E-state index in [1.165, 1.54) is 5.56 Å². The molecule has 1 aromatic rings. The fourth-order valence-corrected chi connectivity index (χ4v) is 2.17. The van der Waals surface area contributed by atoms with Gasteiger partial charge in [0.2, 0.25) is 5.91 Å². The highest BCUT2D eigenvalue weighted by Gasteiger charge is 2.26. The molecule has 2 rings (SSSR count). The van der Waals surface area contributed by atoms with Crippen molar-refractivity contribution in [2.45, 2.75) is 18.9 Å². The molecule has 0 bridgehead atoms. The van der Waals surface area contributed by atoms with E-state index in [1.54, 1.807) is 4.90 Å². The number of amides is 1. The molecule has 1 aromatic carbocycles. The quantitative estimate of drug-likeness (QED) is 0.860. The summed E-state index contributed by atoms with van der Waals surface area (Å²) in [6, 6.07) is 9.79. The fourth-order valence-electron chi connectivity index (χ4n) is 2.17. The predicted octanol–water partition coefficient (Wildman–Crippen LogP) is 0.839. The second kappa shape index (κ2) is 6.52. The second-order valence-electron chi connectivity index (χ2n) is 4.48. The van der Waals surface area contributed by atoms with Crippen LogP contribution in [-0.2, 0) is 16.0 Å². The van der Waals surface area contributed by atoms with Gasteiger partial charge in [-0.15, -0.1) is 0 Å². The number of morpholine rings is 1. The minimum atomic E-state index is -0.179. The molecule has 4 nitrogen and oxygen atoms in total.